The van der Waals surface area contributed by atoms with Gasteiger partial charge in [0.1, 0.15) is 5.82 Å². The first-order valence-electron chi connectivity index (χ1n) is 3.98. The number of halogens is 1. The molecule has 0 spiro atoms. The van der Waals surface area contributed by atoms with Crippen LogP contribution in [0.2, 0.25) is 5.15 Å². The summed E-state index contributed by atoms with van der Waals surface area (Å²) in [6.45, 7) is 2.00. The van der Waals surface area contributed by atoms with E-state index in [9.17, 15) is 0 Å². The zero-order valence-electron chi connectivity index (χ0n) is 7.29. The van der Waals surface area contributed by atoms with E-state index in [1.165, 1.54) is 0 Å². The average molecular weight is 196 g/mol. The first-order chi connectivity index (χ1) is 6.26. The van der Waals surface area contributed by atoms with Gasteiger partial charge in [0, 0.05) is 0 Å². The van der Waals surface area contributed by atoms with Gasteiger partial charge in [0.05, 0.1) is 6.04 Å². The fraction of sp³-hybridized carbons (Fsp3) is 0.333. The van der Waals surface area contributed by atoms with Gasteiger partial charge in [0.25, 0.3) is 0 Å². The molecule has 0 saturated heterocycles. The molecule has 1 aromatic heterocycles. The van der Waals surface area contributed by atoms with Gasteiger partial charge in [-0.2, -0.15) is 0 Å². The Labute approximate surface area is 82.5 Å². The summed E-state index contributed by atoms with van der Waals surface area (Å²) in [7, 11) is 0. The molecule has 4 heteroatoms. The van der Waals surface area contributed by atoms with E-state index in [0.717, 1.165) is 6.42 Å². The molecule has 1 unspecified atom stereocenters. The van der Waals surface area contributed by atoms with Gasteiger partial charge in [0.15, 0.2) is 5.15 Å². The highest BCUT2D eigenvalue weighted by Gasteiger charge is 2.02. The molecule has 0 aliphatic rings. The number of anilines is 1. The van der Waals surface area contributed by atoms with Crippen LogP contribution in [-0.4, -0.2) is 16.2 Å². The van der Waals surface area contributed by atoms with Crippen LogP contribution in [0.3, 0.4) is 0 Å². The van der Waals surface area contributed by atoms with Crippen molar-refractivity contribution in [3.05, 3.63) is 17.3 Å². The minimum absolute atomic E-state index is 0.00419. The van der Waals surface area contributed by atoms with Crippen LogP contribution in [0.5, 0.6) is 0 Å². The topological polar surface area (TPSA) is 37.8 Å². The number of rotatable bonds is 3. The maximum Gasteiger partial charge on any atom is 0.151 e. The van der Waals surface area contributed by atoms with Gasteiger partial charge in [-0.15, -0.1) is 16.6 Å². The molecule has 3 nitrogen and oxygen atoms in total. The van der Waals surface area contributed by atoms with Crippen LogP contribution in [0.25, 0.3) is 0 Å². The third-order valence-corrected chi connectivity index (χ3v) is 1.77. The summed E-state index contributed by atoms with van der Waals surface area (Å²) < 4.78 is 0. The molecule has 0 aliphatic heterocycles. The van der Waals surface area contributed by atoms with Crippen molar-refractivity contribution in [2.24, 2.45) is 0 Å². The van der Waals surface area contributed by atoms with Gasteiger partial charge < -0.3 is 5.32 Å². The second-order valence-corrected chi connectivity index (χ2v) is 2.90. The Morgan fingerprint density at radius 2 is 2.38 bits per heavy atom. The maximum atomic E-state index is 5.57. The van der Waals surface area contributed by atoms with Crippen LogP contribution < -0.4 is 5.32 Å². The number of terminal acetylenes is 1. The van der Waals surface area contributed by atoms with E-state index in [4.69, 9.17) is 18.0 Å². The van der Waals surface area contributed by atoms with Crippen molar-refractivity contribution in [3.8, 4) is 12.3 Å². The van der Waals surface area contributed by atoms with E-state index in [2.05, 4.69) is 21.4 Å². The fourth-order valence-corrected chi connectivity index (χ4v) is 0.934. The lowest BCUT2D eigenvalue weighted by Crippen LogP contribution is -2.16. The third-order valence-electron chi connectivity index (χ3n) is 1.56. The summed E-state index contributed by atoms with van der Waals surface area (Å²) >= 11 is 5.57. The molecule has 0 saturated carbocycles. The van der Waals surface area contributed by atoms with Crippen molar-refractivity contribution in [3.63, 3.8) is 0 Å². The Bertz CT molecular complexity index is 302. The molecule has 1 rings (SSSR count). The molecule has 0 fully saturated rings. The van der Waals surface area contributed by atoms with Gasteiger partial charge in [0.2, 0.25) is 0 Å². The van der Waals surface area contributed by atoms with Crippen molar-refractivity contribution in [2.75, 3.05) is 5.32 Å². The minimum atomic E-state index is -0.00419. The van der Waals surface area contributed by atoms with E-state index in [1.54, 1.807) is 12.1 Å². The van der Waals surface area contributed by atoms with Crippen molar-refractivity contribution in [1.29, 1.82) is 0 Å². The lowest BCUT2D eigenvalue weighted by molar-refractivity contribution is 0.842. The minimum Gasteiger partial charge on any atom is -0.355 e. The molecule has 1 heterocycles. The second-order valence-electron chi connectivity index (χ2n) is 2.51. The number of nitrogens with zero attached hydrogens (tertiary/aromatic N) is 2. The Hall–Kier alpha value is -1.27. The molecule has 0 bridgehead atoms. The van der Waals surface area contributed by atoms with Gasteiger partial charge in [-0.05, 0) is 18.6 Å². The summed E-state index contributed by atoms with van der Waals surface area (Å²) in [5, 5.41) is 10.9. The van der Waals surface area contributed by atoms with E-state index < -0.39 is 0 Å². The number of aromatic nitrogens is 2. The van der Waals surface area contributed by atoms with E-state index >= 15 is 0 Å². The Morgan fingerprint density at radius 1 is 1.62 bits per heavy atom. The van der Waals surface area contributed by atoms with E-state index in [-0.39, 0.29) is 6.04 Å². The predicted octanol–water partition coefficient (Wildman–Crippen LogP) is 1.95. The van der Waals surface area contributed by atoms with Crippen LogP contribution >= 0.6 is 11.6 Å². The third kappa shape index (κ3) is 2.92. The molecule has 1 atom stereocenters. The lowest BCUT2D eigenvalue weighted by Gasteiger charge is -2.09. The summed E-state index contributed by atoms with van der Waals surface area (Å²) in [5.41, 5.74) is 0. The highest BCUT2D eigenvalue weighted by molar-refractivity contribution is 6.29. The Balaban J connectivity index is 2.64. The Kier molecular flexibility index (Phi) is 3.53. The van der Waals surface area contributed by atoms with Crippen LogP contribution in [0.1, 0.15) is 13.3 Å². The van der Waals surface area contributed by atoms with E-state index in [1.807, 2.05) is 6.92 Å². The summed E-state index contributed by atoms with van der Waals surface area (Å²) in [6, 6.07) is 3.41. The lowest BCUT2D eigenvalue weighted by atomic mass is 10.2. The van der Waals surface area contributed by atoms with Crippen LogP contribution in [-0.2, 0) is 0 Å². The highest BCUT2D eigenvalue weighted by Crippen LogP contribution is 2.07. The van der Waals surface area contributed by atoms with Gasteiger partial charge in [-0.1, -0.05) is 24.4 Å². The predicted molar refractivity (Wildman–Crippen MR) is 53.6 cm³/mol. The van der Waals surface area contributed by atoms with Gasteiger partial charge in [-0.25, -0.2) is 0 Å². The molecule has 1 aromatic rings. The first kappa shape index (κ1) is 9.82. The van der Waals surface area contributed by atoms with Crippen LogP contribution in [0.4, 0.5) is 5.82 Å². The van der Waals surface area contributed by atoms with Crippen molar-refractivity contribution in [1.82, 2.24) is 10.2 Å². The van der Waals surface area contributed by atoms with Crippen molar-refractivity contribution < 1.29 is 0 Å². The standard InChI is InChI=1S/C9H10ClN3/c1-3-7(4-2)11-9-6-5-8(10)12-13-9/h1,5-7H,4H2,2H3,(H,11,13). The Morgan fingerprint density at radius 3 is 2.85 bits per heavy atom. The quantitative estimate of drug-likeness (QED) is 0.750. The zero-order chi connectivity index (χ0) is 9.68. The largest absolute Gasteiger partial charge is 0.355 e. The van der Waals surface area contributed by atoms with Crippen molar-refractivity contribution in [2.45, 2.75) is 19.4 Å². The average Bonchev–Trinajstić information content (AvgIpc) is 2.17. The molecular weight excluding hydrogens is 186 g/mol. The summed E-state index contributed by atoms with van der Waals surface area (Å²) in [5.74, 6) is 3.25. The smallest absolute Gasteiger partial charge is 0.151 e. The molecule has 68 valence electrons. The molecular formula is C9H10ClN3. The second kappa shape index (κ2) is 4.68. The van der Waals surface area contributed by atoms with Gasteiger partial charge in [-0.3, -0.25) is 0 Å². The normalized spacial score (nSPS) is 11.8. The molecule has 0 aliphatic carbocycles. The van der Waals surface area contributed by atoms with Crippen LogP contribution in [0.15, 0.2) is 12.1 Å². The van der Waals surface area contributed by atoms with Crippen molar-refractivity contribution >= 4 is 17.4 Å². The van der Waals surface area contributed by atoms with Crippen LogP contribution in [0, 0.1) is 12.3 Å². The number of nitrogens with one attached hydrogen (secondary N) is 1. The molecule has 0 amide bonds. The summed E-state index contributed by atoms with van der Waals surface area (Å²) in [4.78, 5) is 0. The molecule has 0 aromatic carbocycles. The SMILES string of the molecule is C#CC(CC)Nc1ccc(Cl)nn1. The number of hydrogen-bond acceptors (Lipinski definition) is 3. The zero-order valence-corrected chi connectivity index (χ0v) is 8.04. The van der Waals surface area contributed by atoms with E-state index in [0.29, 0.717) is 11.0 Å². The summed E-state index contributed by atoms with van der Waals surface area (Å²) in [6.07, 6.45) is 6.12. The fourth-order valence-electron chi connectivity index (χ4n) is 0.833. The molecule has 13 heavy (non-hydrogen) atoms. The molecule has 0 radical (unpaired) electrons. The monoisotopic (exact) mass is 195 g/mol. The first-order valence-corrected chi connectivity index (χ1v) is 4.36. The number of hydrogen-bond donors (Lipinski definition) is 1. The molecule has 1 N–H and O–H groups in total. The van der Waals surface area contributed by atoms with Gasteiger partial charge >= 0.3 is 0 Å². The highest BCUT2D eigenvalue weighted by atomic mass is 35.5. The maximum absolute atomic E-state index is 5.57.